The summed E-state index contributed by atoms with van der Waals surface area (Å²) in [6.45, 7) is 0. The van der Waals surface area contributed by atoms with Crippen LogP contribution in [0.25, 0.3) is 20.8 Å². The lowest BCUT2D eigenvalue weighted by Crippen LogP contribution is -2.12. The predicted molar refractivity (Wildman–Crippen MR) is 114 cm³/mol. The van der Waals surface area contributed by atoms with Crippen LogP contribution in [0.4, 0.5) is 5.69 Å². The molecule has 0 aliphatic heterocycles. The molecule has 1 heterocycles. The summed E-state index contributed by atoms with van der Waals surface area (Å²) < 4.78 is 1.06. The Kier molecular flexibility index (Phi) is 5.06. The SMILES string of the molecule is O=C(Nc1ccc(Cl)cc1-c1nc2ccccc2s1)c1ccc(Cl)c(Cl)c1. The highest BCUT2D eigenvalue weighted by atomic mass is 35.5. The van der Waals surface area contributed by atoms with E-state index in [-0.39, 0.29) is 5.91 Å². The molecule has 1 aromatic heterocycles. The maximum atomic E-state index is 12.7. The van der Waals surface area contributed by atoms with Gasteiger partial charge < -0.3 is 5.32 Å². The Bertz CT molecular complexity index is 1140. The summed E-state index contributed by atoms with van der Waals surface area (Å²) in [5.41, 5.74) is 2.69. The number of benzene rings is 3. The standard InChI is InChI=1S/C20H11Cl3N2OS/c21-12-6-8-16(24-19(26)11-5-7-14(22)15(23)9-11)13(10-12)20-25-17-3-1-2-4-18(17)27-20/h1-10H,(H,24,26). The van der Waals surface area contributed by atoms with Gasteiger partial charge in [-0.15, -0.1) is 11.3 Å². The number of aromatic nitrogens is 1. The first-order chi connectivity index (χ1) is 13.0. The normalized spacial score (nSPS) is 10.9. The van der Waals surface area contributed by atoms with Crippen LogP contribution in [-0.4, -0.2) is 10.9 Å². The number of hydrogen-bond donors (Lipinski definition) is 1. The molecule has 0 saturated heterocycles. The molecule has 0 radical (unpaired) electrons. The molecule has 4 rings (SSSR count). The number of nitrogens with zero attached hydrogens (tertiary/aromatic N) is 1. The van der Waals surface area contributed by atoms with Crippen molar-refractivity contribution in [2.24, 2.45) is 0 Å². The number of carbonyl (C=O) groups excluding carboxylic acids is 1. The Morgan fingerprint density at radius 2 is 1.74 bits per heavy atom. The third-order valence-electron chi connectivity index (χ3n) is 3.94. The Morgan fingerprint density at radius 3 is 2.52 bits per heavy atom. The van der Waals surface area contributed by atoms with E-state index in [1.165, 1.54) is 6.07 Å². The summed E-state index contributed by atoms with van der Waals surface area (Å²) in [5, 5.41) is 4.98. The summed E-state index contributed by atoms with van der Waals surface area (Å²) in [6.07, 6.45) is 0. The molecule has 27 heavy (non-hydrogen) atoms. The van der Waals surface area contributed by atoms with Gasteiger partial charge in [0.15, 0.2) is 0 Å². The molecule has 134 valence electrons. The van der Waals surface area contributed by atoms with Gasteiger partial charge in [-0.05, 0) is 48.5 Å². The lowest BCUT2D eigenvalue weighted by atomic mass is 10.1. The smallest absolute Gasteiger partial charge is 0.255 e. The van der Waals surface area contributed by atoms with E-state index in [4.69, 9.17) is 34.8 Å². The molecule has 1 N–H and O–H groups in total. The van der Waals surface area contributed by atoms with Crippen LogP contribution in [0.1, 0.15) is 10.4 Å². The van der Waals surface area contributed by atoms with Gasteiger partial charge in [0.2, 0.25) is 0 Å². The molecule has 1 amide bonds. The molecule has 0 saturated carbocycles. The fourth-order valence-electron chi connectivity index (χ4n) is 2.62. The van der Waals surface area contributed by atoms with Crippen molar-refractivity contribution >= 4 is 68.0 Å². The predicted octanol–water partition coefficient (Wildman–Crippen LogP) is 7.18. The van der Waals surface area contributed by atoms with E-state index >= 15 is 0 Å². The maximum absolute atomic E-state index is 12.7. The molecule has 7 heteroatoms. The van der Waals surface area contributed by atoms with Crippen LogP contribution in [0.2, 0.25) is 15.1 Å². The van der Waals surface area contributed by atoms with Crippen LogP contribution in [-0.2, 0) is 0 Å². The maximum Gasteiger partial charge on any atom is 0.255 e. The van der Waals surface area contributed by atoms with E-state index in [0.717, 1.165) is 20.8 Å². The summed E-state index contributed by atoms with van der Waals surface area (Å²) in [6, 6.07) is 17.9. The van der Waals surface area contributed by atoms with Crippen molar-refractivity contribution in [3.05, 3.63) is 81.3 Å². The Hall–Kier alpha value is -2.11. The second kappa shape index (κ2) is 7.49. The highest BCUT2D eigenvalue weighted by molar-refractivity contribution is 7.21. The van der Waals surface area contributed by atoms with E-state index in [2.05, 4.69) is 10.3 Å². The van der Waals surface area contributed by atoms with Crippen molar-refractivity contribution in [2.75, 3.05) is 5.32 Å². The van der Waals surface area contributed by atoms with Crippen molar-refractivity contribution in [3.8, 4) is 10.6 Å². The number of thiazole rings is 1. The van der Waals surface area contributed by atoms with Crippen molar-refractivity contribution in [2.45, 2.75) is 0 Å². The van der Waals surface area contributed by atoms with Crippen LogP contribution in [0, 0.1) is 0 Å². The van der Waals surface area contributed by atoms with Crippen LogP contribution in [0.15, 0.2) is 60.7 Å². The molecular formula is C20H11Cl3N2OS. The van der Waals surface area contributed by atoms with E-state index in [1.807, 2.05) is 24.3 Å². The van der Waals surface area contributed by atoms with Gasteiger partial charge in [-0.2, -0.15) is 0 Å². The van der Waals surface area contributed by atoms with Gasteiger partial charge in [-0.25, -0.2) is 4.98 Å². The van der Waals surface area contributed by atoms with Gasteiger partial charge in [0, 0.05) is 16.1 Å². The number of rotatable bonds is 3. The summed E-state index contributed by atoms with van der Waals surface area (Å²) in [5.74, 6) is -0.293. The van der Waals surface area contributed by atoms with Crippen LogP contribution < -0.4 is 5.32 Å². The quantitative estimate of drug-likeness (QED) is 0.372. The zero-order chi connectivity index (χ0) is 19.0. The number of halogens is 3. The first-order valence-electron chi connectivity index (χ1n) is 7.93. The number of para-hydroxylation sites is 1. The Labute approximate surface area is 174 Å². The van der Waals surface area contributed by atoms with Crippen LogP contribution in [0.3, 0.4) is 0 Å². The van der Waals surface area contributed by atoms with Gasteiger partial charge in [-0.3, -0.25) is 4.79 Å². The fraction of sp³-hybridized carbons (Fsp3) is 0. The molecule has 0 spiro atoms. The first-order valence-corrected chi connectivity index (χ1v) is 9.88. The van der Waals surface area contributed by atoms with Crippen molar-refractivity contribution in [1.82, 2.24) is 4.98 Å². The minimum Gasteiger partial charge on any atom is -0.321 e. The molecule has 0 unspecified atom stereocenters. The fourth-order valence-corrected chi connectivity index (χ4v) is 4.09. The lowest BCUT2D eigenvalue weighted by molar-refractivity contribution is 0.102. The van der Waals surface area contributed by atoms with E-state index in [0.29, 0.717) is 26.3 Å². The zero-order valence-corrected chi connectivity index (χ0v) is 16.8. The number of hydrogen-bond acceptors (Lipinski definition) is 3. The number of carbonyl (C=O) groups is 1. The summed E-state index contributed by atoms with van der Waals surface area (Å²) in [7, 11) is 0. The second-order valence-corrected chi connectivity index (χ2v) is 8.04. The van der Waals surface area contributed by atoms with Gasteiger partial charge in [0.25, 0.3) is 5.91 Å². The van der Waals surface area contributed by atoms with Crippen molar-refractivity contribution in [1.29, 1.82) is 0 Å². The first kappa shape index (κ1) is 18.3. The minimum absolute atomic E-state index is 0.293. The molecule has 3 nitrogen and oxygen atoms in total. The third-order valence-corrected chi connectivity index (χ3v) is 5.98. The molecule has 0 atom stereocenters. The number of fused-ring (bicyclic) bond motifs is 1. The third kappa shape index (κ3) is 3.80. The second-order valence-electron chi connectivity index (χ2n) is 5.76. The Morgan fingerprint density at radius 1 is 0.926 bits per heavy atom. The van der Waals surface area contributed by atoms with Crippen molar-refractivity contribution in [3.63, 3.8) is 0 Å². The van der Waals surface area contributed by atoms with Gasteiger partial charge >= 0.3 is 0 Å². The molecule has 0 aliphatic carbocycles. The molecular weight excluding hydrogens is 423 g/mol. The molecule has 4 aromatic rings. The van der Waals surface area contributed by atoms with Crippen molar-refractivity contribution < 1.29 is 4.79 Å². The average molecular weight is 434 g/mol. The monoisotopic (exact) mass is 432 g/mol. The Balaban J connectivity index is 1.73. The highest BCUT2D eigenvalue weighted by Gasteiger charge is 2.15. The van der Waals surface area contributed by atoms with Gasteiger partial charge in [0.05, 0.1) is 25.9 Å². The number of amides is 1. The highest BCUT2D eigenvalue weighted by Crippen LogP contribution is 2.36. The molecule has 0 bridgehead atoms. The molecule has 3 aromatic carbocycles. The topological polar surface area (TPSA) is 42.0 Å². The zero-order valence-electron chi connectivity index (χ0n) is 13.7. The van der Waals surface area contributed by atoms with E-state index < -0.39 is 0 Å². The van der Waals surface area contributed by atoms with Crippen LogP contribution in [0.5, 0.6) is 0 Å². The molecule has 0 fully saturated rings. The summed E-state index contributed by atoms with van der Waals surface area (Å²) in [4.78, 5) is 17.3. The van der Waals surface area contributed by atoms with Gasteiger partial charge in [-0.1, -0.05) is 46.9 Å². The molecule has 0 aliphatic rings. The average Bonchev–Trinajstić information content (AvgIpc) is 3.09. The minimum atomic E-state index is -0.293. The van der Waals surface area contributed by atoms with E-state index in [1.54, 1.807) is 41.7 Å². The largest absolute Gasteiger partial charge is 0.321 e. The van der Waals surface area contributed by atoms with Crippen LogP contribution >= 0.6 is 46.1 Å². The van der Waals surface area contributed by atoms with E-state index in [9.17, 15) is 4.79 Å². The lowest BCUT2D eigenvalue weighted by Gasteiger charge is -2.10. The van der Waals surface area contributed by atoms with Gasteiger partial charge in [0.1, 0.15) is 5.01 Å². The number of anilines is 1. The number of nitrogens with one attached hydrogen (secondary N) is 1. The summed E-state index contributed by atoms with van der Waals surface area (Å²) >= 11 is 19.7.